The minimum Gasteiger partial charge on any atom is -0.421 e. The SMILES string of the molecule is Cc1ccc2c(c1C)OC(F)(F)C(F)(F)O2. The van der Waals surface area contributed by atoms with Gasteiger partial charge in [0.15, 0.2) is 11.5 Å². The van der Waals surface area contributed by atoms with Gasteiger partial charge in [-0.05, 0) is 31.0 Å². The molecule has 0 saturated carbocycles. The largest absolute Gasteiger partial charge is 0.507 e. The summed E-state index contributed by atoms with van der Waals surface area (Å²) >= 11 is 0. The van der Waals surface area contributed by atoms with Gasteiger partial charge in [-0.25, -0.2) is 0 Å². The number of hydrogen-bond acceptors (Lipinski definition) is 2. The normalized spacial score (nSPS) is 20.6. The van der Waals surface area contributed by atoms with E-state index in [0.717, 1.165) is 0 Å². The van der Waals surface area contributed by atoms with Crippen molar-refractivity contribution in [3.8, 4) is 11.5 Å². The molecule has 0 aromatic heterocycles. The highest BCUT2D eigenvalue weighted by molar-refractivity contribution is 5.51. The van der Waals surface area contributed by atoms with Gasteiger partial charge in [-0.3, -0.25) is 0 Å². The highest BCUT2D eigenvalue weighted by Crippen LogP contribution is 2.48. The first kappa shape index (κ1) is 11.0. The van der Waals surface area contributed by atoms with E-state index in [1.165, 1.54) is 19.1 Å². The zero-order chi connectivity index (χ0) is 12.1. The number of ether oxygens (including phenoxy) is 2. The van der Waals surface area contributed by atoms with Gasteiger partial charge in [-0.15, -0.1) is 0 Å². The Morgan fingerprint density at radius 1 is 0.938 bits per heavy atom. The maximum Gasteiger partial charge on any atom is 0.507 e. The topological polar surface area (TPSA) is 18.5 Å². The Labute approximate surface area is 88.8 Å². The molecule has 16 heavy (non-hydrogen) atoms. The molecule has 2 rings (SSSR count). The van der Waals surface area contributed by atoms with Crippen molar-refractivity contribution >= 4 is 0 Å². The Morgan fingerprint density at radius 3 is 2.12 bits per heavy atom. The van der Waals surface area contributed by atoms with Crippen LogP contribution in [0.5, 0.6) is 11.5 Å². The molecule has 1 aromatic carbocycles. The lowest BCUT2D eigenvalue weighted by Crippen LogP contribution is -2.52. The number of aryl methyl sites for hydroxylation is 1. The molecule has 0 atom stereocenters. The van der Waals surface area contributed by atoms with Gasteiger partial charge in [0.05, 0.1) is 0 Å². The van der Waals surface area contributed by atoms with Crippen molar-refractivity contribution < 1.29 is 27.0 Å². The van der Waals surface area contributed by atoms with Gasteiger partial charge >= 0.3 is 12.2 Å². The van der Waals surface area contributed by atoms with Crippen molar-refractivity contribution in [3.05, 3.63) is 23.3 Å². The van der Waals surface area contributed by atoms with Crippen molar-refractivity contribution in [1.82, 2.24) is 0 Å². The molecule has 0 saturated heterocycles. The van der Waals surface area contributed by atoms with Crippen LogP contribution in [0.2, 0.25) is 0 Å². The van der Waals surface area contributed by atoms with E-state index >= 15 is 0 Å². The Hall–Kier alpha value is -1.46. The molecule has 0 aliphatic carbocycles. The molecule has 1 heterocycles. The quantitative estimate of drug-likeness (QED) is 0.643. The summed E-state index contributed by atoms with van der Waals surface area (Å²) in [5, 5.41) is 0. The maximum absolute atomic E-state index is 12.9. The van der Waals surface area contributed by atoms with E-state index in [0.29, 0.717) is 11.1 Å². The van der Waals surface area contributed by atoms with Crippen LogP contribution in [0.25, 0.3) is 0 Å². The van der Waals surface area contributed by atoms with Crippen molar-refractivity contribution in [3.63, 3.8) is 0 Å². The lowest BCUT2D eigenvalue weighted by Gasteiger charge is -2.32. The van der Waals surface area contributed by atoms with E-state index in [1.807, 2.05) is 0 Å². The van der Waals surface area contributed by atoms with Gasteiger partial charge < -0.3 is 9.47 Å². The molecule has 0 amide bonds. The van der Waals surface area contributed by atoms with Gasteiger partial charge in [0.1, 0.15) is 0 Å². The highest BCUT2D eigenvalue weighted by atomic mass is 19.3. The average Bonchev–Trinajstić information content (AvgIpc) is 2.15. The summed E-state index contributed by atoms with van der Waals surface area (Å²) < 4.78 is 59.3. The third-order valence-electron chi connectivity index (χ3n) is 2.45. The molecule has 0 radical (unpaired) electrons. The van der Waals surface area contributed by atoms with Crippen LogP contribution < -0.4 is 9.47 Å². The second-order valence-electron chi connectivity index (χ2n) is 3.57. The van der Waals surface area contributed by atoms with Gasteiger partial charge in [-0.1, -0.05) is 6.07 Å². The van der Waals surface area contributed by atoms with Crippen LogP contribution in [0, 0.1) is 13.8 Å². The molecular weight excluding hydrogens is 228 g/mol. The van der Waals surface area contributed by atoms with Crippen LogP contribution in [0.3, 0.4) is 0 Å². The van der Waals surface area contributed by atoms with Crippen LogP contribution in [0.15, 0.2) is 12.1 Å². The van der Waals surface area contributed by atoms with E-state index in [9.17, 15) is 17.6 Å². The summed E-state index contributed by atoms with van der Waals surface area (Å²) in [5.41, 5.74) is 1.01. The molecular formula is C10H8F4O2. The number of hydrogen-bond donors (Lipinski definition) is 0. The highest BCUT2D eigenvalue weighted by Gasteiger charge is 2.66. The summed E-state index contributed by atoms with van der Waals surface area (Å²) in [4.78, 5) is 0. The zero-order valence-electron chi connectivity index (χ0n) is 8.48. The Bertz CT molecular complexity index is 443. The smallest absolute Gasteiger partial charge is 0.421 e. The van der Waals surface area contributed by atoms with Gasteiger partial charge in [0.25, 0.3) is 0 Å². The first-order valence-electron chi connectivity index (χ1n) is 4.48. The fourth-order valence-electron chi connectivity index (χ4n) is 1.36. The van der Waals surface area contributed by atoms with Crippen LogP contribution in [0.4, 0.5) is 17.6 Å². The minimum absolute atomic E-state index is 0.337. The van der Waals surface area contributed by atoms with E-state index in [4.69, 9.17) is 0 Å². The lowest BCUT2D eigenvalue weighted by atomic mass is 10.1. The minimum atomic E-state index is -4.65. The molecule has 2 nitrogen and oxygen atoms in total. The number of fused-ring (bicyclic) bond motifs is 1. The molecule has 0 N–H and O–H groups in total. The standard InChI is InChI=1S/C10H8F4O2/c1-5-3-4-7-8(6(5)2)16-10(13,14)9(11,12)15-7/h3-4H,1-2H3. The van der Waals surface area contributed by atoms with Crippen molar-refractivity contribution in [2.75, 3.05) is 0 Å². The zero-order valence-corrected chi connectivity index (χ0v) is 8.48. The summed E-state index contributed by atoms with van der Waals surface area (Å²) in [5.74, 6) is -0.713. The second-order valence-corrected chi connectivity index (χ2v) is 3.57. The average molecular weight is 236 g/mol. The van der Waals surface area contributed by atoms with Crippen LogP contribution in [-0.4, -0.2) is 12.2 Å². The lowest BCUT2D eigenvalue weighted by molar-refractivity contribution is -0.391. The molecule has 88 valence electrons. The molecule has 0 spiro atoms. The number of rotatable bonds is 0. The van der Waals surface area contributed by atoms with Gasteiger partial charge in [0.2, 0.25) is 0 Å². The van der Waals surface area contributed by atoms with Gasteiger partial charge in [-0.2, -0.15) is 17.6 Å². The maximum atomic E-state index is 12.9. The predicted octanol–water partition coefficient (Wildman–Crippen LogP) is 3.26. The molecule has 6 heteroatoms. The summed E-state index contributed by atoms with van der Waals surface area (Å²) in [6, 6.07) is 2.68. The second kappa shape index (κ2) is 3.02. The Balaban J connectivity index is 2.56. The number of alkyl halides is 4. The van der Waals surface area contributed by atoms with E-state index in [2.05, 4.69) is 9.47 Å². The summed E-state index contributed by atoms with van der Waals surface area (Å²) in [6.45, 7) is 3.15. The third-order valence-corrected chi connectivity index (χ3v) is 2.45. The monoisotopic (exact) mass is 236 g/mol. The number of benzene rings is 1. The molecule has 1 aliphatic heterocycles. The predicted molar refractivity (Wildman–Crippen MR) is 47.1 cm³/mol. The first-order valence-corrected chi connectivity index (χ1v) is 4.48. The van der Waals surface area contributed by atoms with Crippen molar-refractivity contribution in [2.24, 2.45) is 0 Å². The Morgan fingerprint density at radius 2 is 1.50 bits per heavy atom. The summed E-state index contributed by atoms with van der Waals surface area (Å²) in [7, 11) is 0. The molecule has 1 aliphatic rings. The third kappa shape index (κ3) is 1.40. The fraction of sp³-hybridized carbons (Fsp3) is 0.400. The molecule has 1 aromatic rings. The van der Waals surface area contributed by atoms with Crippen molar-refractivity contribution in [1.29, 1.82) is 0 Å². The van der Waals surface area contributed by atoms with E-state index in [-0.39, 0.29) is 11.5 Å². The van der Waals surface area contributed by atoms with Gasteiger partial charge in [0, 0.05) is 0 Å². The van der Waals surface area contributed by atoms with Crippen LogP contribution in [-0.2, 0) is 0 Å². The summed E-state index contributed by atoms with van der Waals surface area (Å²) in [6.07, 6.45) is -9.31. The van der Waals surface area contributed by atoms with Crippen LogP contribution >= 0.6 is 0 Å². The van der Waals surface area contributed by atoms with E-state index in [1.54, 1.807) is 6.92 Å². The van der Waals surface area contributed by atoms with E-state index < -0.39 is 12.2 Å². The van der Waals surface area contributed by atoms with Crippen molar-refractivity contribution in [2.45, 2.75) is 26.1 Å². The Kier molecular flexibility index (Phi) is 2.09. The first-order chi connectivity index (χ1) is 7.24. The number of halogens is 4. The fourth-order valence-corrected chi connectivity index (χ4v) is 1.36. The van der Waals surface area contributed by atoms with Crippen LogP contribution in [0.1, 0.15) is 11.1 Å². The molecule has 0 bridgehead atoms. The molecule has 0 unspecified atom stereocenters. The molecule has 0 fully saturated rings.